The van der Waals surface area contributed by atoms with Gasteiger partial charge in [-0.25, -0.2) is 0 Å². The first-order valence-electron chi connectivity index (χ1n) is 13.5. The molecular formula is C37H34N2Pd. The van der Waals surface area contributed by atoms with E-state index in [0.29, 0.717) is 17.8 Å². The van der Waals surface area contributed by atoms with Gasteiger partial charge >= 0.3 is 0 Å². The van der Waals surface area contributed by atoms with E-state index in [1.54, 1.807) is 6.92 Å². The zero-order valence-corrected chi connectivity index (χ0v) is 24.4. The Morgan fingerprint density at radius 3 is 1.12 bits per heavy atom. The predicted molar refractivity (Wildman–Crippen MR) is 164 cm³/mol. The summed E-state index contributed by atoms with van der Waals surface area (Å²) in [7, 11) is 0. The van der Waals surface area contributed by atoms with Gasteiger partial charge in [-0.1, -0.05) is 139 Å². The summed E-state index contributed by atoms with van der Waals surface area (Å²) in [5.41, 5.74) is 10.2. The summed E-state index contributed by atoms with van der Waals surface area (Å²) in [5, 5.41) is 17.1. The van der Waals surface area contributed by atoms with Crippen molar-refractivity contribution in [3.05, 3.63) is 178 Å². The minimum Gasteiger partial charge on any atom is -0.304 e. The third-order valence-corrected chi connectivity index (χ3v) is 7.42. The molecule has 0 aromatic heterocycles. The van der Waals surface area contributed by atoms with Crippen LogP contribution < -0.4 is 0 Å². The summed E-state index contributed by atoms with van der Waals surface area (Å²) in [6.07, 6.45) is 0.409. The first-order valence-corrected chi connectivity index (χ1v) is 13.5. The van der Waals surface area contributed by atoms with Crippen molar-refractivity contribution in [1.82, 2.24) is 0 Å². The number of rotatable bonds is 9. The molecule has 0 aliphatic heterocycles. The molecule has 0 bridgehead atoms. The molecule has 0 saturated carbocycles. The quantitative estimate of drug-likeness (QED) is 0.0948. The molecule has 0 amide bonds. The van der Waals surface area contributed by atoms with Gasteiger partial charge in [0.1, 0.15) is 0 Å². The summed E-state index contributed by atoms with van der Waals surface area (Å²) >= 11 is 0. The van der Waals surface area contributed by atoms with Crippen molar-refractivity contribution in [3.8, 4) is 0 Å². The maximum Gasteiger partial charge on any atom is 0.0562 e. The second-order valence-electron chi connectivity index (χ2n) is 10.2. The van der Waals surface area contributed by atoms with Crippen LogP contribution in [-0.2, 0) is 26.8 Å². The molecule has 3 heteroatoms. The average molecular weight is 613 g/mol. The summed E-state index contributed by atoms with van der Waals surface area (Å²) < 4.78 is 0. The van der Waals surface area contributed by atoms with Gasteiger partial charge in [0.2, 0.25) is 0 Å². The number of aryl methyl sites for hydroxylation is 1. The van der Waals surface area contributed by atoms with Gasteiger partial charge in [-0.15, -0.1) is 0 Å². The van der Waals surface area contributed by atoms with E-state index >= 15 is 0 Å². The molecule has 0 aliphatic rings. The molecule has 0 unspecified atom stereocenters. The fourth-order valence-corrected chi connectivity index (χ4v) is 5.59. The van der Waals surface area contributed by atoms with Crippen LogP contribution in [0.5, 0.6) is 0 Å². The largest absolute Gasteiger partial charge is 0.304 e. The van der Waals surface area contributed by atoms with E-state index in [1.807, 2.05) is 0 Å². The van der Waals surface area contributed by atoms with Crippen LogP contribution in [0.3, 0.4) is 0 Å². The van der Waals surface area contributed by atoms with E-state index in [0.717, 1.165) is 5.56 Å². The van der Waals surface area contributed by atoms with Gasteiger partial charge in [-0.05, 0) is 52.8 Å². The van der Waals surface area contributed by atoms with Crippen molar-refractivity contribution in [2.45, 2.75) is 32.1 Å². The van der Waals surface area contributed by atoms with Crippen molar-refractivity contribution >= 4 is 11.4 Å². The third-order valence-electron chi connectivity index (χ3n) is 7.42. The van der Waals surface area contributed by atoms with Gasteiger partial charge in [-0.3, -0.25) is 0 Å². The fourth-order valence-electron chi connectivity index (χ4n) is 5.59. The molecular weight excluding hydrogens is 579 g/mol. The van der Waals surface area contributed by atoms with Crippen molar-refractivity contribution in [2.75, 3.05) is 0 Å². The van der Waals surface area contributed by atoms with Crippen LogP contribution in [0, 0.1) is 17.7 Å². The van der Waals surface area contributed by atoms with Gasteiger partial charge in [0, 0.05) is 44.4 Å². The predicted octanol–water partition coefficient (Wildman–Crippen LogP) is 8.95. The molecule has 0 fully saturated rings. The Morgan fingerprint density at radius 2 is 0.850 bits per heavy atom. The van der Waals surface area contributed by atoms with Crippen molar-refractivity contribution in [1.29, 1.82) is 10.8 Å². The molecule has 0 spiro atoms. The number of hydrogen-bond acceptors (Lipinski definition) is 2. The van der Waals surface area contributed by atoms with E-state index in [1.165, 1.54) is 38.9 Å². The van der Waals surface area contributed by atoms with Crippen LogP contribution in [0.1, 0.15) is 63.3 Å². The molecule has 2 nitrogen and oxygen atoms in total. The van der Waals surface area contributed by atoms with Crippen molar-refractivity contribution in [2.24, 2.45) is 0 Å². The Morgan fingerprint density at radius 1 is 0.550 bits per heavy atom. The first kappa shape index (κ1) is 29.1. The Bertz CT molecular complexity index is 1380. The molecule has 0 atom stereocenters. The molecule has 202 valence electrons. The maximum atomic E-state index is 8.80. The monoisotopic (exact) mass is 612 g/mol. The van der Waals surface area contributed by atoms with Gasteiger partial charge in [0.25, 0.3) is 0 Å². The molecule has 0 aliphatic carbocycles. The Kier molecular flexibility index (Phi) is 9.78. The average Bonchev–Trinajstić information content (AvgIpc) is 2.97. The third kappa shape index (κ3) is 6.45. The smallest absolute Gasteiger partial charge is 0.0562 e. The molecule has 5 aromatic rings. The minimum atomic E-state index is 0. The Balaban J connectivity index is 0.00000370. The summed E-state index contributed by atoms with van der Waals surface area (Å²) in [6.45, 7) is 3.89. The Labute approximate surface area is 251 Å². The second-order valence-corrected chi connectivity index (χ2v) is 10.2. The standard InChI is InChI=1S/C37H34N2.Pd/c1-26-23-33(36(28-15-7-3-8-16-28)29-17-9-4-10-18-29)32(25-35(39)27(2)38)34(24-26)37(30-19-11-5-12-20-30)31-21-13-6-14-22-31;/h3-24,36-39H,25H2,1-2H3;. The van der Waals surface area contributed by atoms with E-state index < -0.39 is 0 Å². The molecule has 5 rings (SSSR count). The maximum absolute atomic E-state index is 8.80. The van der Waals surface area contributed by atoms with Crippen LogP contribution in [0.2, 0.25) is 0 Å². The Hall–Kier alpha value is -3.90. The number of hydrogen-bond donors (Lipinski definition) is 2. The fraction of sp³-hybridized carbons (Fsp3) is 0.135. The summed E-state index contributed by atoms with van der Waals surface area (Å²) in [6, 6.07) is 47.2. The number of nitrogens with one attached hydrogen (secondary N) is 2. The molecule has 40 heavy (non-hydrogen) atoms. The molecule has 0 radical (unpaired) electrons. The molecule has 0 saturated heterocycles. The molecule has 0 heterocycles. The van der Waals surface area contributed by atoms with Gasteiger partial charge in [-0.2, -0.15) is 0 Å². The van der Waals surface area contributed by atoms with Gasteiger partial charge < -0.3 is 10.8 Å². The SMILES string of the molecule is CC(=N)C(=N)Cc1c(C(c2ccccc2)c2ccccc2)cc(C)cc1C(c1ccccc1)c1ccccc1.[Pd]. The van der Waals surface area contributed by atoms with Crippen molar-refractivity contribution in [3.63, 3.8) is 0 Å². The van der Waals surface area contributed by atoms with Crippen LogP contribution in [0.15, 0.2) is 133 Å². The number of benzene rings is 5. The van der Waals surface area contributed by atoms with E-state index in [4.69, 9.17) is 10.8 Å². The van der Waals surface area contributed by atoms with Crippen LogP contribution >= 0.6 is 0 Å². The molecule has 5 aromatic carbocycles. The van der Waals surface area contributed by atoms with Crippen LogP contribution in [0.25, 0.3) is 0 Å². The zero-order chi connectivity index (χ0) is 27.2. The van der Waals surface area contributed by atoms with Gasteiger partial charge in [0.05, 0.1) is 5.71 Å². The normalized spacial score (nSPS) is 10.8. The summed E-state index contributed by atoms with van der Waals surface area (Å²) in [5.74, 6) is 0.0131. The topological polar surface area (TPSA) is 47.7 Å². The van der Waals surface area contributed by atoms with Crippen molar-refractivity contribution < 1.29 is 20.4 Å². The van der Waals surface area contributed by atoms with Crippen LogP contribution in [-0.4, -0.2) is 11.4 Å². The van der Waals surface area contributed by atoms with Gasteiger partial charge in [0.15, 0.2) is 0 Å². The second kappa shape index (κ2) is 13.4. The van der Waals surface area contributed by atoms with Crippen LogP contribution in [0.4, 0.5) is 0 Å². The zero-order valence-electron chi connectivity index (χ0n) is 22.9. The van der Waals surface area contributed by atoms with E-state index in [2.05, 4.69) is 140 Å². The first-order chi connectivity index (χ1) is 19.0. The molecule has 2 N–H and O–H groups in total. The van der Waals surface area contributed by atoms with E-state index in [9.17, 15) is 0 Å². The van der Waals surface area contributed by atoms with E-state index in [-0.39, 0.29) is 32.3 Å². The summed E-state index contributed by atoms with van der Waals surface area (Å²) in [4.78, 5) is 0. The minimum absolute atomic E-state index is 0.